The fourth-order valence-electron chi connectivity index (χ4n) is 3.92. The van der Waals surface area contributed by atoms with Crippen molar-refractivity contribution in [2.45, 2.75) is 46.0 Å². The molecule has 28 heavy (non-hydrogen) atoms. The fraction of sp³-hybridized carbons (Fsp3) is 0.522. The van der Waals surface area contributed by atoms with Crippen LogP contribution in [-0.4, -0.2) is 47.0 Å². The van der Waals surface area contributed by atoms with Crippen LogP contribution in [0.15, 0.2) is 42.7 Å². The molecule has 1 fully saturated rings. The number of rotatable bonds is 8. The maximum atomic E-state index is 12.7. The first-order valence-corrected chi connectivity index (χ1v) is 10.6. The standard InChI is InChI=1S/C23H32N4O/c1-3-12-26(13-4-2)22(28)21-17-24-23(25-18-21)27-14-10-20(11-15-27)16-19-8-6-5-7-9-19/h5-9,17-18,20H,3-4,10-16H2,1-2H3. The monoisotopic (exact) mass is 380 g/mol. The van der Waals surface area contributed by atoms with Gasteiger partial charge in [-0.05, 0) is 43.6 Å². The summed E-state index contributed by atoms with van der Waals surface area (Å²) in [5.41, 5.74) is 2.01. The molecule has 2 aromatic rings. The summed E-state index contributed by atoms with van der Waals surface area (Å²) in [5, 5.41) is 0. The lowest BCUT2D eigenvalue weighted by molar-refractivity contribution is 0.0754. The summed E-state index contributed by atoms with van der Waals surface area (Å²) >= 11 is 0. The molecule has 0 unspecified atom stereocenters. The van der Waals surface area contributed by atoms with Gasteiger partial charge in [-0.25, -0.2) is 9.97 Å². The molecule has 0 bridgehead atoms. The van der Waals surface area contributed by atoms with E-state index in [0.29, 0.717) is 5.56 Å². The Morgan fingerprint density at radius 2 is 1.64 bits per heavy atom. The van der Waals surface area contributed by atoms with E-state index in [-0.39, 0.29) is 5.91 Å². The average molecular weight is 381 g/mol. The predicted molar refractivity (Wildman–Crippen MR) is 114 cm³/mol. The highest BCUT2D eigenvalue weighted by Crippen LogP contribution is 2.24. The average Bonchev–Trinajstić information content (AvgIpc) is 2.74. The highest BCUT2D eigenvalue weighted by Gasteiger charge is 2.22. The highest BCUT2D eigenvalue weighted by atomic mass is 16.2. The molecule has 0 N–H and O–H groups in total. The number of benzene rings is 1. The number of carbonyl (C=O) groups is 1. The van der Waals surface area contributed by atoms with E-state index < -0.39 is 0 Å². The molecule has 1 aliphatic rings. The van der Waals surface area contributed by atoms with Crippen LogP contribution < -0.4 is 4.90 Å². The van der Waals surface area contributed by atoms with E-state index in [9.17, 15) is 4.79 Å². The number of aromatic nitrogens is 2. The van der Waals surface area contributed by atoms with Gasteiger partial charge in [0.2, 0.25) is 5.95 Å². The minimum Gasteiger partial charge on any atom is -0.341 e. The van der Waals surface area contributed by atoms with E-state index >= 15 is 0 Å². The van der Waals surface area contributed by atoms with Crippen LogP contribution in [0.2, 0.25) is 0 Å². The van der Waals surface area contributed by atoms with E-state index in [1.54, 1.807) is 12.4 Å². The van der Waals surface area contributed by atoms with Gasteiger partial charge in [-0.3, -0.25) is 4.79 Å². The van der Waals surface area contributed by atoms with Crippen LogP contribution in [0.5, 0.6) is 0 Å². The Hall–Kier alpha value is -2.43. The third-order valence-corrected chi connectivity index (χ3v) is 5.42. The van der Waals surface area contributed by atoms with Crippen molar-refractivity contribution in [3.05, 3.63) is 53.9 Å². The number of nitrogens with zero attached hydrogens (tertiary/aromatic N) is 4. The number of carbonyl (C=O) groups excluding carboxylic acids is 1. The van der Waals surface area contributed by atoms with Crippen LogP contribution in [-0.2, 0) is 6.42 Å². The first-order valence-electron chi connectivity index (χ1n) is 10.6. The zero-order valence-electron chi connectivity index (χ0n) is 17.2. The second kappa shape index (κ2) is 10.2. The normalized spacial score (nSPS) is 14.9. The second-order valence-electron chi connectivity index (χ2n) is 7.68. The molecule has 1 aromatic carbocycles. The molecule has 2 heterocycles. The van der Waals surface area contributed by atoms with Crippen molar-refractivity contribution in [1.82, 2.24) is 14.9 Å². The van der Waals surface area contributed by atoms with Crippen LogP contribution >= 0.6 is 0 Å². The van der Waals surface area contributed by atoms with Crippen LogP contribution in [0.25, 0.3) is 0 Å². The smallest absolute Gasteiger partial charge is 0.256 e. The van der Waals surface area contributed by atoms with Crippen molar-refractivity contribution in [3.8, 4) is 0 Å². The molecule has 3 rings (SSSR count). The van der Waals surface area contributed by atoms with Crippen molar-refractivity contribution in [1.29, 1.82) is 0 Å². The fourth-order valence-corrected chi connectivity index (χ4v) is 3.92. The number of hydrogen-bond donors (Lipinski definition) is 0. The van der Waals surface area contributed by atoms with Gasteiger partial charge in [0.1, 0.15) is 0 Å². The van der Waals surface area contributed by atoms with Crippen molar-refractivity contribution < 1.29 is 4.79 Å². The Bertz CT molecular complexity index is 718. The van der Waals surface area contributed by atoms with Gasteiger partial charge >= 0.3 is 0 Å². The molecule has 5 heteroatoms. The van der Waals surface area contributed by atoms with Gasteiger partial charge < -0.3 is 9.80 Å². The van der Waals surface area contributed by atoms with Gasteiger partial charge in [-0.15, -0.1) is 0 Å². The molecule has 1 aliphatic heterocycles. The maximum Gasteiger partial charge on any atom is 0.256 e. The zero-order chi connectivity index (χ0) is 19.8. The van der Waals surface area contributed by atoms with Gasteiger partial charge in [-0.1, -0.05) is 44.2 Å². The van der Waals surface area contributed by atoms with Crippen LogP contribution in [0.4, 0.5) is 5.95 Å². The first-order chi connectivity index (χ1) is 13.7. The summed E-state index contributed by atoms with van der Waals surface area (Å²) in [7, 11) is 0. The predicted octanol–water partition coefficient (Wildman–Crippen LogP) is 4.20. The minimum absolute atomic E-state index is 0.0387. The number of anilines is 1. The molecule has 0 saturated carbocycles. The van der Waals surface area contributed by atoms with E-state index in [0.717, 1.165) is 70.1 Å². The lowest BCUT2D eigenvalue weighted by Gasteiger charge is -2.32. The summed E-state index contributed by atoms with van der Waals surface area (Å²) in [6.07, 6.45) is 8.76. The van der Waals surface area contributed by atoms with Crippen molar-refractivity contribution >= 4 is 11.9 Å². The van der Waals surface area contributed by atoms with Gasteiger partial charge in [0.15, 0.2) is 0 Å². The van der Waals surface area contributed by atoms with Crippen molar-refractivity contribution in [2.75, 3.05) is 31.1 Å². The summed E-state index contributed by atoms with van der Waals surface area (Å²) in [4.78, 5) is 25.8. The Morgan fingerprint density at radius 3 is 2.21 bits per heavy atom. The molecular formula is C23H32N4O. The van der Waals surface area contributed by atoms with E-state index in [2.05, 4.69) is 59.0 Å². The van der Waals surface area contributed by atoms with Crippen LogP contribution in [0.3, 0.4) is 0 Å². The lowest BCUT2D eigenvalue weighted by Crippen LogP contribution is -2.36. The topological polar surface area (TPSA) is 49.3 Å². The Kier molecular flexibility index (Phi) is 7.40. The molecule has 0 spiro atoms. The summed E-state index contributed by atoms with van der Waals surface area (Å²) in [5.74, 6) is 1.50. The molecule has 0 atom stereocenters. The van der Waals surface area contributed by atoms with Gasteiger partial charge in [0, 0.05) is 38.6 Å². The molecule has 150 valence electrons. The SMILES string of the molecule is CCCN(CCC)C(=O)c1cnc(N2CCC(Cc3ccccc3)CC2)nc1. The Balaban J connectivity index is 1.55. The Morgan fingerprint density at radius 1 is 1.04 bits per heavy atom. The third-order valence-electron chi connectivity index (χ3n) is 5.42. The van der Waals surface area contributed by atoms with E-state index in [1.165, 1.54) is 5.56 Å². The quantitative estimate of drug-likeness (QED) is 0.689. The first kappa shape index (κ1) is 20.3. The largest absolute Gasteiger partial charge is 0.341 e. The minimum atomic E-state index is 0.0387. The van der Waals surface area contributed by atoms with Gasteiger partial charge in [0.25, 0.3) is 5.91 Å². The lowest BCUT2D eigenvalue weighted by atomic mass is 9.90. The van der Waals surface area contributed by atoms with Crippen molar-refractivity contribution in [2.24, 2.45) is 5.92 Å². The highest BCUT2D eigenvalue weighted by molar-refractivity contribution is 5.93. The molecular weight excluding hydrogens is 348 g/mol. The number of amides is 1. The summed E-state index contributed by atoms with van der Waals surface area (Å²) in [6, 6.07) is 10.7. The zero-order valence-corrected chi connectivity index (χ0v) is 17.2. The maximum absolute atomic E-state index is 12.7. The van der Waals surface area contributed by atoms with Gasteiger partial charge in [-0.2, -0.15) is 0 Å². The molecule has 1 amide bonds. The van der Waals surface area contributed by atoms with E-state index in [4.69, 9.17) is 0 Å². The molecule has 0 radical (unpaired) electrons. The van der Waals surface area contributed by atoms with Crippen LogP contribution in [0.1, 0.15) is 55.5 Å². The summed E-state index contributed by atoms with van der Waals surface area (Å²) < 4.78 is 0. The van der Waals surface area contributed by atoms with E-state index in [1.807, 2.05) is 4.90 Å². The van der Waals surface area contributed by atoms with Crippen molar-refractivity contribution in [3.63, 3.8) is 0 Å². The molecule has 1 aromatic heterocycles. The van der Waals surface area contributed by atoms with Gasteiger partial charge in [0.05, 0.1) is 5.56 Å². The second-order valence-corrected chi connectivity index (χ2v) is 7.68. The Labute approximate surface area is 168 Å². The molecule has 0 aliphatic carbocycles. The number of hydrogen-bond acceptors (Lipinski definition) is 4. The van der Waals surface area contributed by atoms with Crippen LogP contribution in [0, 0.1) is 5.92 Å². The number of piperidine rings is 1. The summed E-state index contributed by atoms with van der Waals surface area (Å²) in [6.45, 7) is 7.70. The third kappa shape index (κ3) is 5.31. The molecule has 1 saturated heterocycles. The molecule has 5 nitrogen and oxygen atoms in total.